The summed E-state index contributed by atoms with van der Waals surface area (Å²) in [6, 6.07) is 5.85. The molecule has 0 unspecified atom stereocenters. The maximum atomic E-state index is 7.40. The van der Waals surface area contributed by atoms with Crippen LogP contribution in [-0.4, -0.2) is 15.2 Å². The molecular formula is C12H14N4S2. The van der Waals surface area contributed by atoms with Gasteiger partial charge >= 0.3 is 0 Å². The molecule has 0 spiro atoms. The Morgan fingerprint density at radius 1 is 1.44 bits per heavy atom. The second-order valence-corrected chi connectivity index (χ2v) is 5.93. The third kappa shape index (κ3) is 3.08. The van der Waals surface area contributed by atoms with Gasteiger partial charge < -0.3 is 5.73 Å². The second kappa shape index (κ2) is 5.49. The van der Waals surface area contributed by atoms with Gasteiger partial charge in [-0.1, -0.05) is 23.9 Å². The Morgan fingerprint density at radius 3 is 2.78 bits per heavy atom. The first-order valence-corrected chi connectivity index (χ1v) is 7.19. The van der Waals surface area contributed by atoms with Crippen molar-refractivity contribution >= 4 is 29.1 Å². The van der Waals surface area contributed by atoms with Crippen molar-refractivity contribution in [3.05, 3.63) is 40.7 Å². The maximum absolute atomic E-state index is 7.40. The van der Waals surface area contributed by atoms with Crippen LogP contribution in [0.2, 0.25) is 0 Å². The van der Waals surface area contributed by atoms with E-state index in [-0.39, 0.29) is 5.84 Å². The first-order valence-electron chi connectivity index (χ1n) is 5.43. The molecule has 94 valence electrons. The van der Waals surface area contributed by atoms with Crippen LogP contribution in [0.5, 0.6) is 0 Å². The summed E-state index contributed by atoms with van der Waals surface area (Å²) in [4.78, 5) is 4.32. The number of amidine groups is 1. The zero-order valence-corrected chi connectivity index (χ0v) is 11.9. The molecule has 3 N–H and O–H groups in total. The number of aryl methyl sites for hydroxylation is 2. The number of rotatable bonds is 4. The minimum atomic E-state index is 0.108. The van der Waals surface area contributed by atoms with Gasteiger partial charge in [-0.05, 0) is 42.6 Å². The van der Waals surface area contributed by atoms with Gasteiger partial charge in [0.15, 0.2) is 4.34 Å². The molecule has 0 aliphatic carbocycles. The van der Waals surface area contributed by atoms with Crippen LogP contribution in [0.4, 0.5) is 0 Å². The van der Waals surface area contributed by atoms with E-state index in [0.717, 1.165) is 27.0 Å². The summed E-state index contributed by atoms with van der Waals surface area (Å²) >= 11 is 3.11. The Kier molecular flexibility index (Phi) is 3.98. The van der Waals surface area contributed by atoms with Gasteiger partial charge in [-0.15, -0.1) is 0 Å². The van der Waals surface area contributed by atoms with Crippen molar-refractivity contribution in [3.8, 4) is 0 Å². The Morgan fingerprint density at radius 2 is 2.22 bits per heavy atom. The predicted molar refractivity (Wildman–Crippen MR) is 76.4 cm³/mol. The van der Waals surface area contributed by atoms with Gasteiger partial charge in [-0.3, -0.25) is 5.41 Å². The van der Waals surface area contributed by atoms with Crippen LogP contribution in [0.15, 0.2) is 22.5 Å². The average molecular weight is 278 g/mol. The summed E-state index contributed by atoms with van der Waals surface area (Å²) in [5.41, 5.74) is 8.62. The van der Waals surface area contributed by atoms with E-state index in [1.54, 1.807) is 11.8 Å². The summed E-state index contributed by atoms with van der Waals surface area (Å²) in [5, 5.41) is 7.40. The number of nitrogens with two attached hydrogens (primary N) is 1. The van der Waals surface area contributed by atoms with Crippen LogP contribution in [0, 0.1) is 19.3 Å². The molecule has 0 saturated carbocycles. The first kappa shape index (κ1) is 13.0. The van der Waals surface area contributed by atoms with Crippen molar-refractivity contribution in [3.63, 3.8) is 0 Å². The molecule has 0 bridgehead atoms. The number of nitrogens with one attached hydrogen (secondary N) is 1. The minimum Gasteiger partial charge on any atom is -0.384 e. The van der Waals surface area contributed by atoms with Crippen LogP contribution < -0.4 is 5.73 Å². The molecule has 4 nitrogen and oxygen atoms in total. The van der Waals surface area contributed by atoms with Crippen molar-refractivity contribution in [1.82, 2.24) is 9.36 Å². The highest BCUT2D eigenvalue weighted by Gasteiger charge is 2.05. The van der Waals surface area contributed by atoms with Gasteiger partial charge in [0.1, 0.15) is 11.7 Å². The summed E-state index contributed by atoms with van der Waals surface area (Å²) in [7, 11) is 0. The highest BCUT2D eigenvalue weighted by atomic mass is 32.2. The number of hydrogen-bond donors (Lipinski definition) is 2. The van der Waals surface area contributed by atoms with Gasteiger partial charge in [0, 0.05) is 11.3 Å². The summed E-state index contributed by atoms with van der Waals surface area (Å²) in [6.45, 7) is 3.93. The van der Waals surface area contributed by atoms with E-state index < -0.39 is 0 Å². The molecular weight excluding hydrogens is 264 g/mol. The highest BCUT2D eigenvalue weighted by molar-refractivity contribution is 8.00. The molecule has 6 heteroatoms. The number of hydrogen-bond acceptors (Lipinski definition) is 5. The zero-order chi connectivity index (χ0) is 13.1. The van der Waals surface area contributed by atoms with Crippen molar-refractivity contribution in [2.75, 3.05) is 0 Å². The van der Waals surface area contributed by atoms with E-state index in [1.165, 1.54) is 17.1 Å². The van der Waals surface area contributed by atoms with Crippen molar-refractivity contribution in [2.45, 2.75) is 23.9 Å². The topological polar surface area (TPSA) is 75.7 Å². The minimum absolute atomic E-state index is 0.108. The standard InChI is InChI=1S/C12H14N4S2/c1-7-5-9(11(13)14)3-4-10(7)6-17-12-15-8(2)16-18-12/h3-5H,6H2,1-2H3,(H3,13,14). The largest absolute Gasteiger partial charge is 0.384 e. The Hall–Kier alpha value is -1.40. The summed E-state index contributed by atoms with van der Waals surface area (Å²) < 4.78 is 5.14. The molecule has 0 aliphatic heterocycles. The molecule has 1 aromatic carbocycles. The second-order valence-electron chi connectivity index (χ2n) is 3.95. The lowest BCUT2D eigenvalue weighted by Crippen LogP contribution is -2.11. The lowest BCUT2D eigenvalue weighted by Gasteiger charge is -2.06. The van der Waals surface area contributed by atoms with E-state index in [1.807, 2.05) is 32.0 Å². The third-order valence-corrected chi connectivity index (χ3v) is 4.49. The Bertz CT molecular complexity index is 577. The number of nitrogen functional groups attached to an aromatic ring is 1. The molecule has 0 aliphatic rings. The SMILES string of the molecule is Cc1nsc(SCc2ccc(C(=N)N)cc2C)n1. The molecule has 2 aromatic rings. The molecule has 0 fully saturated rings. The van der Waals surface area contributed by atoms with Crippen LogP contribution >= 0.6 is 23.3 Å². The van der Waals surface area contributed by atoms with Crippen LogP contribution in [0.25, 0.3) is 0 Å². The van der Waals surface area contributed by atoms with E-state index in [9.17, 15) is 0 Å². The molecule has 0 radical (unpaired) electrons. The van der Waals surface area contributed by atoms with E-state index in [2.05, 4.69) is 9.36 Å². The maximum Gasteiger partial charge on any atom is 0.170 e. The molecule has 2 rings (SSSR count). The normalized spacial score (nSPS) is 10.6. The number of nitrogens with zero attached hydrogens (tertiary/aromatic N) is 2. The molecule has 18 heavy (non-hydrogen) atoms. The van der Waals surface area contributed by atoms with Gasteiger partial charge in [0.05, 0.1) is 0 Å². The van der Waals surface area contributed by atoms with Crippen LogP contribution in [-0.2, 0) is 5.75 Å². The lowest BCUT2D eigenvalue weighted by molar-refractivity contribution is 1.10. The molecule has 1 heterocycles. The summed E-state index contributed by atoms with van der Waals surface area (Å²) in [5.74, 6) is 1.79. The molecule has 1 aromatic heterocycles. The monoisotopic (exact) mass is 278 g/mol. The fraction of sp³-hybridized carbons (Fsp3) is 0.250. The zero-order valence-electron chi connectivity index (χ0n) is 10.2. The average Bonchev–Trinajstić information content (AvgIpc) is 2.73. The van der Waals surface area contributed by atoms with Gasteiger partial charge in [-0.2, -0.15) is 4.37 Å². The van der Waals surface area contributed by atoms with Crippen LogP contribution in [0.1, 0.15) is 22.5 Å². The molecule has 0 atom stereocenters. The van der Waals surface area contributed by atoms with Gasteiger partial charge in [0.2, 0.25) is 0 Å². The Labute approximate surface area is 114 Å². The predicted octanol–water partition coefficient (Wildman–Crippen LogP) is 2.73. The van der Waals surface area contributed by atoms with Crippen molar-refractivity contribution in [1.29, 1.82) is 5.41 Å². The first-order chi connectivity index (χ1) is 8.56. The molecule has 0 amide bonds. The number of aromatic nitrogens is 2. The van der Waals surface area contributed by atoms with Gasteiger partial charge in [0.25, 0.3) is 0 Å². The van der Waals surface area contributed by atoms with E-state index in [4.69, 9.17) is 11.1 Å². The van der Waals surface area contributed by atoms with E-state index in [0.29, 0.717) is 0 Å². The fourth-order valence-corrected chi connectivity index (χ4v) is 3.22. The third-order valence-electron chi connectivity index (χ3n) is 2.51. The smallest absolute Gasteiger partial charge is 0.170 e. The fourth-order valence-electron chi connectivity index (χ4n) is 1.50. The Balaban J connectivity index is 2.08. The lowest BCUT2D eigenvalue weighted by atomic mass is 10.1. The van der Waals surface area contributed by atoms with Gasteiger partial charge in [-0.25, -0.2) is 4.98 Å². The van der Waals surface area contributed by atoms with E-state index >= 15 is 0 Å². The summed E-state index contributed by atoms with van der Waals surface area (Å²) in [6.07, 6.45) is 0. The van der Waals surface area contributed by atoms with Crippen molar-refractivity contribution < 1.29 is 0 Å². The quantitative estimate of drug-likeness (QED) is 0.512. The molecule has 0 saturated heterocycles. The number of benzene rings is 1. The number of thioether (sulfide) groups is 1. The van der Waals surface area contributed by atoms with Crippen LogP contribution in [0.3, 0.4) is 0 Å². The highest BCUT2D eigenvalue weighted by Crippen LogP contribution is 2.25. The van der Waals surface area contributed by atoms with Crippen molar-refractivity contribution in [2.24, 2.45) is 5.73 Å².